The van der Waals surface area contributed by atoms with Gasteiger partial charge in [-0.1, -0.05) is 6.42 Å². The summed E-state index contributed by atoms with van der Waals surface area (Å²) in [6.45, 7) is 8.57. The van der Waals surface area contributed by atoms with Crippen LogP contribution in [0.3, 0.4) is 0 Å². The molecule has 2 saturated heterocycles. The third-order valence-corrected chi connectivity index (χ3v) is 3.49. The maximum Gasteiger partial charge on any atom is 0.410 e. The summed E-state index contributed by atoms with van der Waals surface area (Å²) in [7, 11) is 0. The summed E-state index contributed by atoms with van der Waals surface area (Å²) in [6.07, 6.45) is 3.42. The van der Waals surface area contributed by atoms with Gasteiger partial charge in [-0.2, -0.15) is 0 Å². The number of fused-ring (bicyclic) bond motifs is 3. The number of nitrogens with one attached hydrogen (secondary N) is 1. The molecule has 0 aromatic heterocycles. The fourth-order valence-corrected chi connectivity index (χ4v) is 2.69. The van der Waals surface area contributed by atoms with E-state index in [2.05, 4.69) is 5.32 Å². The van der Waals surface area contributed by atoms with Gasteiger partial charge in [-0.25, -0.2) is 4.79 Å². The Labute approximate surface area is 116 Å². The van der Waals surface area contributed by atoms with Crippen molar-refractivity contribution < 1.29 is 9.53 Å². The first kappa shape index (κ1) is 15.6. The molecular formula is C13H25ClN2O2. The molecule has 0 spiro atoms. The van der Waals surface area contributed by atoms with E-state index in [9.17, 15) is 4.79 Å². The van der Waals surface area contributed by atoms with Gasteiger partial charge in [0.1, 0.15) is 5.60 Å². The normalized spacial score (nSPS) is 28.1. The number of carbonyl (C=O) groups is 1. The van der Waals surface area contributed by atoms with Gasteiger partial charge in [-0.15, -0.1) is 12.4 Å². The molecule has 0 aromatic carbocycles. The van der Waals surface area contributed by atoms with Crippen molar-refractivity contribution >= 4 is 18.5 Å². The number of nitrogens with zero attached hydrogens (tertiary/aromatic N) is 1. The van der Waals surface area contributed by atoms with E-state index in [4.69, 9.17) is 4.74 Å². The molecule has 0 aromatic rings. The fourth-order valence-electron chi connectivity index (χ4n) is 2.69. The first-order valence-corrected chi connectivity index (χ1v) is 6.66. The molecule has 5 heteroatoms. The minimum absolute atomic E-state index is 0. The van der Waals surface area contributed by atoms with Crippen molar-refractivity contribution in [1.29, 1.82) is 0 Å². The van der Waals surface area contributed by atoms with Crippen molar-refractivity contribution in [3.05, 3.63) is 0 Å². The molecule has 2 aliphatic heterocycles. The lowest BCUT2D eigenvalue weighted by Gasteiger charge is -2.31. The summed E-state index contributed by atoms with van der Waals surface area (Å²) < 4.78 is 5.50. The Morgan fingerprint density at radius 1 is 1.28 bits per heavy atom. The van der Waals surface area contributed by atoms with Crippen LogP contribution in [0.4, 0.5) is 4.79 Å². The molecule has 0 unspecified atom stereocenters. The lowest BCUT2D eigenvalue weighted by Crippen LogP contribution is -2.45. The second-order valence-corrected chi connectivity index (χ2v) is 6.24. The van der Waals surface area contributed by atoms with Gasteiger partial charge in [0, 0.05) is 19.1 Å². The van der Waals surface area contributed by atoms with Gasteiger partial charge in [0.2, 0.25) is 0 Å². The third-order valence-electron chi connectivity index (χ3n) is 3.49. The summed E-state index contributed by atoms with van der Waals surface area (Å²) in [5.41, 5.74) is -0.398. The standard InChI is InChI=1S/C13H24N2O2.ClH/c1-13(2,3)17-12(16)15-9-10-5-4-6-11(15)8-14-7-10;/h10-11,14H,4-9H2,1-3H3;1H/t10-,11+;/m0./s1. The van der Waals surface area contributed by atoms with E-state index in [1.54, 1.807) is 0 Å². The van der Waals surface area contributed by atoms with Crippen LogP contribution in [0.15, 0.2) is 0 Å². The molecule has 2 rings (SSSR count). The molecule has 106 valence electrons. The van der Waals surface area contributed by atoms with Crippen LogP contribution in [-0.4, -0.2) is 42.3 Å². The molecule has 2 fully saturated rings. The van der Waals surface area contributed by atoms with Gasteiger partial charge < -0.3 is 15.0 Å². The number of hydrogen-bond donors (Lipinski definition) is 1. The number of ether oxygens (including phenoxy) is 1. The maximum atomic E-state index is 12.2. The smallest absolute Gasteiger partial charge is 0.410 e. The second-order valence-electron chi connectivity index (χ2n) is 6.24. The minimum atomic E-state index is -0.398. The predicted octanol–water partition coefficient (Wildman–Crippen LogP) is 2.42. The highest BCUT2D eigenvalue weighted by Gasteiger charge is 2.34. The summed E-state index contributed by atoms with van der Waals surface area (Å²) in [4.78, 5) is 14.1. The first-order valence-electron chi connectivity index (χ1n) is 6.66. The molecule has 0 aliphatic carbocycles. The third kappa shape index (κ3) is 4.02. The van der Waals surface area contributed by atoms with Crippen molar-refractivity contribution in [3.8, 4) is 0 Å². The highest BCUT2D eigenvalue weighted by atomic mass is 35.5. The second kappa shape index (κ2) is 6.11. The van der Waals surface area contributed by atoms with Crippen LogP contribution in [0.25, 0.3) is 0 Å². The fraction of sp³-hybridized carbons (Fsp3) is 0.923. The van der Waals surface area contributed by atoms with Crippen LogP contribution in [0.5, 0.6) is 0 Å². The van der Waals surface area contributed by atoms with Gasteiger partial charge in [0.05, 0.1) is 0 Å². The molecule has 2 aliphatic rings. The zero-order valence-electron chi connectivity index (χ0n) is 11.6. The molecule has 4 nitrogen and oxygen atoms in total. The molecule has 0 radical (unpaired) electrons. The van der Waals surface area contributed by atoms with Gasteiger partial charge in [0.15, 0.2) is 0 Å². The first-order chi connectivity index (χ1) is 7.96. The van der Waals surface area contributed by atoms with E-state index in [1.807, 2.05) is 25.7 Å². The molecule has 18 heavy (non-hydrogen) atoms. The van der Waals surface area contributed by atoms with Crippen molar-refractivity contribution in [3.63, 3.8) is 0 Å². The molecule has 2 heterocycles. The molecule has 2 bridgehead atoms. The van der Waals surface area contributed by atoms with E-state index >= 15 is 0 Å². The Morgan fingerprint density at radius 2 is 2.00 bits per heavy atom. The van der Waals surface area contributed by atoms with Gasteiger partial charge in [-0.05, 0) is 46.1 Å². The molecule has 1 N–H and O–H groups in total. The largest absolute Gasteiger partial charge is 0.444 e. The van der Waals surface area contributed by atoms with Crippen LogP contribution < -0.4 is 5.32 Å². The van der Waals surface area contributed by atoms with Gasteiger partial charge >= 0.3 is 6.09 Å². The lowest BCUT2D eigenvalue weighted by molar-refractivity contribution is 0.0166. The highest BCUT2D eigenvalue weighted by molar-refractivity contribution is 5.85. The Bertz CT molecular complexity index is 281. The Balaban J connectivity index is 0.00000162. The Kier molecular flexibility index (Phi) is 5.29. The van der Waals surface area contributed by atoms with Gasteiger partial charge in [-0.3, -0.25) is 0 Å². The topological polar surface area (TPSA) is 41.6 Å². The molecule has 1 amide bonds. The zero-order valence-corrected chi connectivity index (χ0v) is 12.4. The monoisotopic (exact) mass is 276 g/mol. The number of carbonyl (C=O) groups excluding carboxylic acids is 1. The quantitative estimate of drug-likeness (QED) is 0.739. The number of rotatable bonds is 0. The Hall–Kier alpha value is -0.480. The average molecular weight is 277 g/mol. The highest BCUT2D eigenvalue weighted by Crippen LogP contribution is 2.25. The van der Waals surface area contributed by atoms with E-state index < -0.39 is 5.60 Å². The minimum Gasteiger partial charge on any atom is -0.444 e. The average Bonchev–Trinajstić information content (AvgIpc) is 2.44. The lowest BCUT2D eigenvalue weighted by atomic mass is 10.0. The Morgan fingerprint density at radius 3 is 2.67 bits per heavy atom. The number of amides is 1. The van der Waals surface area contributed by atoms with Crippen LogP contribution in [-0.2, 0) is 4.74 Å². The molecule has 2 atom stereocenters. The number of halogens is 1. The summed E-state index contributed by atoms with van der Waals surface area (Å²) in [5.74, 6) is 0.593. The number of hydrogen-bond acceptors (Lipinski definition) is 3. The van der Waals surface area contributed by atoms with Crippen molar-refractivity contribution in [2.45, 2.75) is 51.7 Å². The van der Waals surface area contributed by atoms with E-state index in [0.29, 0.717) is 12.0 Å². The summed E-state index contributed by atoms with van der Waals surface area (Å²) in [5, 5.41) is 3.45. The predicted molar refractivity (Wildman–Crippen MR) is 74.2 cm³/mol. The van der Waals surface area contributed by atoms with Crippen molar-refractivity contribution in [1.82, 2.24) is 10.2 Å². The summed E-state index contributed by atoms with van der Waals surface area (Å²) >= 11 is 0. The van der Waals surface area contributed by atoms with Crippen molar-refractivity contribution in [2.75, 3.05) is 19.6 Å². The summed E-state index contributed by atoms with van der Waals surface area (Å²) in [6, 6.07) is 0.317. The SMILES string of the molecule is CC(C)(C)OC(=O)N1C[C@H]2CCC[C@@H]1CNC2.Cl. The van der Waals surface area contributed by atoms with Crippen LogP contribution >= 0.6 is 12.4 Å². The van der Waals surface area contributed by atoms with E-state index in [0.717, 1.165) is 26.1 Å². The van der Waals surface area contributed by atoms with Crippen LogP contribution in [0.1, 0.15) is 40.0 Å². The van der Waals surface area contributed by atoms with E-state index in [1.165, 1.54) is 12.8 Å². The van der Waals surface area contributed by atoms with Crippen LogP contribution in [0.2, 0.25) is 0 Å². The molecular weight excluding hydrogens is 252 g/mol. The maximum absolute atomic E-state index is 12.2. The zero-order chi connectivity index (χ0) is 12.5. The van der Waals surface area contributed by atoms with E-state index in [-0.39, 0.29) is 18.5 Å². The van der Waals surface area contributed by atoms with Crippen LogP contribution in [0, 0.1) is 5.92 Å². The van der Waals surface area contributed by atoms with Crippen molar-refractivity contribution in [2.24, 2.45) is 5.92 Å². The molecule has 0 saturated carbocycles. The van der Waals surface area contributed by atoms with Gasteiger partial charge in [0.25, 0.3) is 0 Å².